The van der Waals surface area contributed by atoms with Gasteiger partial charge in [0.05, 0.1) is 11.6 Å². The van der Waals surface area contributed by atoms with Gasteiger partial charge in [0.1, 0.15) is 5.01 Å². The third kappa shape index (κ3) is 5.28. The van der Waals surface area contributed by atoms with Crippen LogP contribution in [0.3, 0.4) is 0 Å². The summed E-state index contributed by atoms with van der Waals surface area (Å²) in [6.45, 7) is 9.95. The van der Waals surface area contributed by atoms with E-state index < -0.39 is 5.60 Å². The van der Waals surface area contributed by atoms with Crippen molar-refractivity contribution in [2.75, 3.05) is 6.54 Å². The smallest absolute Gasteiger partial charge is 0.315 e. The first-order valence-electron chi connectivity index (χ1n) is 7.48. The first-order valence-corrected chi connectivity index (χ1v) is 8.36. The lowest BCUT2D eigenvalue weighted by atomic mass is 9.89. The predicted molar refractivity (Wildman–Crippen MR) is 86.5 cm³/mol. The number of carbonyl (C=O) groups excluding carboxylic acids is 1. The van der Waals surface area contributed by atoms with E-state index in [9.17, 15) is 9.90 Å². The molecule has 3 atom stereocenters. The number of hydrogen-bond acceptors (Lipinski definition) is 4. The molecule has 0 bridgehead atoms. The highest BCUT2D eigenvalue weighted by Gasteiger charge is 2.27. The second kappa shape index (κ2) is 7.75. The Balaban J connectivity index is 2.52. The van der Waals surface area contributed by atoms with Crippen LogP contribution in [0, 0.1) is 12.8 Å². The Morgan fingerprint density at radius 3 is 2.62 bits per heavy atom. The monoisotopic (exact) mass is 313 g/mol. The number of urea groups is 1. The molecule has 1 aromatic heterocycles. The Hall–Kier alpha value is -1.14. The molecule has 3 N–H and O–H groups in total. The van der Waals surface area contributed by atoms with E-state index in [2.05, 4.69) is 15.6 Å². The van der Waals surface area contributed by atoms with Crippen molar-refractivity contribution in [3.8, 4) is 0 Å². The number of nitrogens with one attached hydrogen (secondary N) is 2. The molecule has 0 radical (unpaired) electrons. The van der Waals surface area contributed by atoms with Gasteiger partial charge in [-0.3, -0.25) is 0 Å². The molecular formula is C15H27N3O2S. The third-order valence-corrected chi connectivity index (χ3v) is 5.01. The fourth-order valence-electron chi connectivity index (χ4n) is 1.95. The summed E-state index contributed by atoms with van der Waals surface area (Å²) in [5.41, 5.74) is 0.0707. The first-order chi connectivity index (χ1) is 9.80. The number of nitrogens with zero attached hydrogens (tertiary/aromatic N) is 1. The van der Waals surface area contributed by atoms with Crippen molar-refractivity contribution < 1.29 is 9.90 Å². The van der Waals surface area contributed by atoms with Crippen molar-refractivity contribution in [3.63, 3.8) is 0 Å². The Labute approximate surface area is 131 Å². The molecule has 1 heterocycles. The van der Waals surface area contributed by atoms with Crippen LogP contribution in [0.5, 0.6) is 0 Å². The molecule has 5 nitrogen and oxygen atoms in total. The zero-order valence-electron chi connectivity index (χ0n) is 13.6. The van der Waals surface area contributed by atoms with Gasteiger partial charge in [-0.15, -0.1) is 11.3 Å². The summed E-state index contributed by atoms with van der Waals surface area (Å²) >= 11 is 1.55. The molecule has 1 rings (SSSR count). The van der Waals surface area contributed by atoms with E-state index in [4.69, 9.17) is 0 Å². The quantitative estimate of drug-likeness (QED) is 0.724. The van der Waals surface area contributed by atoms with Gasteiger partial charge in [-0.05, 0) is 26.2 Å². The zero-order chi connectivity index (χ0) is 16.0. The molecule has 6 heteroatoms. The summed E-state index contributed by atoms with van der Waals surface area (Å²) < 4.78 is 0. The van der Waals surface area contributed by atoms with E-state index in [0.717, 1.165) is 23.5 Å². The van der Waals surface area contributed by atoms with Crippen LogP contribution in [0.2, 0.25) is 0 Å². The van der Waals surface area contributed by atoms with Crippen LogP contribution in [0.25, 0.3) is 0 Å². The highest BCUT2D eigenvalue weighted by atomic mass is 32.1. The summed E-state index contributed by atoms with van der Waals surface area (Å²) in [6, 6.07) is -0.351. The summed E-state index contributed by atoms with van der Waals surface area (Å²) in [7, 11) is 0. The minimum atomic E-state index is -0.897. The van der Waals surface area contributed by atoms with Gasteiger partial charge in [-0.2, -0.15) is 0 Å². The van der Waals surface area contributed by atoms with E-state index in [1.807, 2.05) is 33.1 Å². The largest absolute Gasteiger partial charge is 0.388 e. The second-order valence-electron chi connectivity index (χ2n) is 5.78. The zero-order valence-corrected chi connectivity index (χ0v) is 14.4. The number of aryl methyl sites for hydroxylation is 1. The first kappa shape index (κ1) is 17.9. The van der Waals surface area contributed by atoms with E-state index in [1.54, 1.807) is 18.3 Å². The molecule has 0 saturated heterocycles. The maximum Gasteiger partial charge on any atom is 0.315 e. The Morgan fingerprint density at radius 2 is 2.14 bits per heavy atom. The van der Waals surface area contributed by atoms with Gasteiger partial charge in [0.2, 0.25) is 0 Å². The lowest BCUT2D eigenvalue weighted by Crippen LogP contribution is -2.48. The predicted octanol–water partition coefficient (Wildman–Crippen LogP) is 3.00. The van der Waals surface area contributed by atoms with Crippen LogP contribution in [0.15, 0.2) is 5.38 Å². The van der Waals surface area contributed by atoms with Gasteiger partial charge >= 0.3 is 6.03 Å². The van der Waals surface area contributed by atoms with E-state index in [-0.39, 0.29) is 24.5 Å². The fourth-order valence-corrected chi connectivity index (χ4v) is 2.88. The molecule has 0 aliphatic heterocycles. The number of amides is 2. The van der Waals surface area contributed by atoms with Crippen LogP contribution >= 0.6 is 11.3 Å². The normalized spacial score (nSPS) is 16.9. The standard InChI is InChI=1S/C15H27N3O2S/c1-6-10(3)15(5,20)9-16-14(19)18-12(7-2)13-17-11(4)8-21-13/h8,10,12,20H,6-7,9H2,1-5H3,(H2,16,18,19). The van der Waals surface area contributed by atoms with Crippen LogP contribution in [0.4, 0.5) is 4.79 Å². The van der Waals surface area contributed by atoms with Gasteiger partial charge in [0.15, 0.2) is 0 Å². The minimum absolute atomic E-state index is 0.0859. The SMILES string of the molecule is CCC(NC(=O)NCC(C)(O)C(C)CC)c1nc(C)cs1. The van der Waals surface area contributed by atoms with Crippen LogP contribution in [-0.2, 0) is 0 Å². The summed E-state index contributed by atoms with van der Waals surface area (Å²) in [5.74, 6) is 0.126. The van der Waals surface area contributed by atoms with Crippen LogP contribution < -0.4 is 10.6 Å². The molecule has 0 fully saturated rings. The van der Waals surface area contributed by atoms with E-state index >= 15 is 0 Å². The molecule has 0 aliphatic rings. The maximum atomic E-state index is 12.0. The third-order valence-electron chi connectivity index (χ3n) is 3.93. The molecule has 21 heavy (non-hydrogen) atoms. The van der Waals surface area contributed by atoms with E-state index in [0.29, 0.717) is 0 Å². The van der Waals surface area contributed by atoms with Crippen molar-refractivity contribution in [1.29, 1.82) is 0 Å². The van der Waals surface area contributed by atoms with Gasteiger partial charge in [-0.25, -0.2) is 9.78 Å². The molecular weight excluding hydrogens is 286 g/mol. The molecule has 0 saturated carbocycles. The molecule has 2 amide bonds. The van der Waals surface area contributed by atoms with Crippen molar-refractivity contribution in [2.24, 2.45) is 5.92 Å². The van der Waals surface area contributed by atoms with Crippen LogP contribution in [0.1, 0.15) is 57.3 Å². The molecule has 0 spiro atoms. The van der Waals surface area contributed by atoms with E-state index in [1.165, 1.54) is 0 Å². The highest BCUT2D eigenvalue weighted by molar-refractivity contribution is 7.09. The average molecular weight is 313 g/mol. The topological polar surface area (TPSA) is 74.2 Å². The van der Waals surface area contributed by atoms with Crippen molar-refractivity contribution in [3.05, 3.63) is 16.1 Å². The lowest BCUT2D eigenvalue weighted by molar-refractivity contribution is 0.00783. The molecule has 1 aromatic rings. The van der Waals surface area contributed by atoms with Crippen LogP contribution in [-0.4, -0.2) is 28.3 Å². The van der Waals surface area contributed by atoms with Gasteiger partial charge in [-0.1, -0.05) is 27.2 Å². The average Bonchev–Trinajstić information content (AvgIpc) is 2.88. The summed E-state index contributed by atoms with van der Waals surface area (Å²) in [6.07, 6.45) is 1.65. The molecule has 0 aliphatic carbocycles. The second-order valence-corrected chi connectivity index (χ2v) is 6.67. The lowest BCUT2D eigenvalue weighted by Gasteiger charge is -2.30. The number of thiazole rings is 1. The van der Waals surface area contributed by atoms with Gasteiger partial charge < -0.3 is 15.7 Å². The Morgan fingerprint density at radius 1 is 1.48 bits per heavy atom. The van der Waals surface area contributed by atoms with Crippen molar-refractivity contribution >= 4 is 17.4 Å². The number of aromatic nitrogens is 1. The number of hydrogen-bond donors (Lipinski definition) is 3. The van der Waals surface area contributed by atoms with Crippen molar-refractivity contribution in [1.82, 2.24) is 15.6 Å². The number of carbonyl (C=O) groups is 1. The summed E-state index contributed by atoms with van der Waals surface area (Å²) in [5, 5.41) is 18.9. The molecule has 3 unspecified atom stereocenters. The maximum absolute atomic E-state index is 12.0. The molecule has 0 aromatic carbocycles. The Bertz CT molecular complexity index is 460. The minimum Gasteiger partial charge on any atom is -0.388 e. The number of rotatable bonds is 7. The van der Waals surface area contributed by atoms with Gasteiger partial charge in [0, 0.05) is 17.6 Å². The van der Waals surface area contributed by atoms with Crippen molar-refractivity contribution in [2.45, 2.75) is 59.1 Å². The fraction of sp³-hybridized carbons (Fsp3) is 0.733. The molecule has 120 valence electrons. The van der Waals surface area contributed by atoms with Gasteiger partial charge in [0.25, 0.3) is 0 Å². The summed E-state index contributed by atoms with van der Waals surface area (Å²) in [4.78, 5) is 16.4. The number of aliphatic hydroxyl groups is 1. The highest BCUT2D eigenvalue weighted by Crippen LogP contribution is 2.21. The Kier molecular flexibility index (Phi) is 6.61.